The van der Waals surface area contributed by atoms with Gasteiger partial charge in [0.2, 0.25) is 0 Å². The summed E-state index contributed by atoms with van der Waals surface area (Å²) in [5.41, 5.74) is 1.92. The number of amides is 1. The molecule has 1 N–H and O–H groups in total. The summed E-state index contributed by atoms with van der Waals surface area (Å²) >= 11 is 14.4. The lowest BCUT2D eigenvalue weighted by Gasteiger charge is -2.09. The predicted molar refractivity (Wildman–Crippen MR) is 76.9 cm³/mol. The number of halogens is 3. The Morgan fingerprint density at radius 1 is 1.47 bits per heavy atom. The van der Waals surface area contributed by atoms with Crippen molar-refractivity contribution in [1.29, 1.82) is 0 Å². The zero-order chi connectivity index (χ0) is 12.8. The fourth-order valence-corrected chi connectivity index (χ4v) is 2.02. The van der Waals surface area contributed by atoms with Crippen LogP contribution in [0.5, 0.6) is 0 Å². The number of anilines is 1. The topological polar surface area (TPSA) is 29.1 Å². The third-order valence-corrected chi connectivity index (χ3v) is 3.36. The van der Waals surface area contributed by atoms with E-state index in [0.717, 1.165) is 23.7 Å². The fourth-order valence-electron chi connectivity index (χ4n) is 1.38. The van der Waals surface area contributed by atoms with Crippen molar-refractivity contribution in [2.45, 2.75) is 31.0 Å². The molecule has 0 atom stereocenters. The van der Waals surface area contributed by atoms with Gasteiger partial charge < -0.3 is 5.32 Å². The van der Waals surface area contributed by atoms with Crippen LogP contribution in [0, 0.1) is 0 Å². The average Bonchev–Trinajstić information content (AvgIpc) is 2.29. The Labute approximate surface area is 120 Å². The SMILES string of the molecule is CCCCc1ccc(NC(=O)C(Cl)Cl)c(Br)c1. The highest BCUT2D eigenvalue weighted by molar-refractivity contribution is 9.10. The number of hydrogen-bond acceptors (Lipinski definition) is 1. The molecule has 0 saturated heterocycles. The Kier molecular flexibility index (Phi) is 6.31. The largest absolute Gasteiger partial charge is 0.323 e. The monoisotopic (exact) mass is 337 g/mol. The van der Waals surface area contributed by atoms with E-state index in [2.05, 4.69) is 28.2 Å². The normalized spacial score (nSPS) is 10.6. The minimum absolute atomic E-state index is 0.421. The molecule has 0 aliphatic rings. The minimum Gasteiger partial charge on any atom is -0.323 e. The molecule has 1 amide bonds. The second kappa shape index (κ2) is 7.24. The van der Waals surface area contributed by atoms with Crippen LogP contribution in [0.15, 0.2) is 22.7 Å². The average molecular weight is 339 g/mol. The second-order valence-corrected chi connectivity index (χ2v) is 5.66. The number of unbranched alkanes of at least 4 members (excludes halogenated alkanes) is 1. The van der Waals surface area contributed by atoms with Gasteiger partial charge in [-0.15, -0.1) is 0 Å². The molecule has 0 saturated carbocycles. The Morgan fingerprint density at radius 3 is 2.71 bits per heavy atom. The first kappa shape index (κ1) is 14.8. The fraction of sp³-hybridized carbons (Fsp3) is 0.417. The van der Waals surface area contributed by atoms with E-state index in [1.54, 1.807) is 0 Å². The Morgan fingerprint density at radius 2 is 2.18 bits per heavy atom. The molecule has 0 heterocycles. The van der Waals surface area contributed by atoms with Gasteiger partial charge in [-0.05, 0) is 46.5 Å². The van der Waals surface area contributed by atoms with Crippen LogP contribution in [-0.4, -0.2) is 10.7 Å². The molecule has 5 heteroatoms. The zero-order valence-corrected chi connectivity index (χ0v) is 12.6. The summed E-state index contributed by atoms with van der Waals surface area (Å²) in [5, 5.41) is 2.64. The van der Waals surface area contributed by atoms with E-state index in [4.69, 9.17) is 23.2 Å². The number of carbonyl (C=O) groups is 1. The van der Waals surface area contributed by atoms with Crippen molar-refractivity contribution in [2.24, 2.45) is 0 Å². The smallest absolute Gasteiger partial charge is 0.257 e. The van der Waals surface area contributed by atoms with Crippen LogP contribution < -0.4 is 5.32 Å². The molecule has 0 spiro atoms. The number of nitrogens with one attached hydrogen (secondary N) is 1. The molecular formula is C12H14BrCl2NO. The molecular weight excluding hydrogens is 325 g/mol. The van der Waals surface area contributed by atoms with Crippen LogP contribution in [0.1, 0.15) is 25.3 Å². The van der Waals surface area contributed by atoms with E-state index in [0.29, 0.717) is 5.69 Å². The van der Waals surface area contributed by atoms with Gasteiger partial charge in [-0.2, -0.15) is 0 Å². The van der Waals surface area contributed by atoms with Gasteiger partial charge >= 0.3 is 0 Å². The number of hydrogen-bond donors (Lipinski definition) is 1. The van der Waals surface area contributed by atoms with E-state index in [1.807, 2.05) is 18.2 Å². The summed E-state index contributed by atoms with van der Waals surface area (Å²) in [5.74, 6) is -0.421. The van der Waals surface area contributed by atoms with Crippen LogP contribution in [0.25, 0.3) is 0 Å². The van der Waals surface area contributed by atoms with Crippen LogP contribution >= 0.6 is 39.1 Å². The highest BCUT2D eigenvalue weighted by atomic mass is 79.9. The Balaban J connectivity index is 2.72. The van der Waals surface area contributed by atoms with Crippen LogP contribution in [-0.2, 0) is 11.2 Å². The summed E-state index contributed by atoms with van der Waals surface area (Å²) < 4.78 is 0.841. The van der Waals surface area contributed by atoms with E-state index < -0.39 is 10.7 Å². The van der Waals surface area contributed by atoms with Crippen molar-refractivity contribution < 1.29 is 4.79 Å². The molecule has 0 aliphatic carbocycles. The number of rotatable bonds is 5. The van der Waals surface area contributed by atoms with Crippen LogP contribution in [0.3, 0.4) is 0 Å². The van der Waals surface area contributed by atoms with Crippen molar-refractivity contribution in [3.05, 3.63) is 28.2 Å². The third kappa shape index (κ3) is 4.86. The number of carbonyl (C=O) groups excluding carboxylic acids is 1. The maximum atomic E-state index is 11.3. The van der Waals surface area contributed by atoms with Gasteiger partial charge in [-0.1, -0.05) is 42.6 Å². The minimum atomic E-state index is -1.05. The van der Waals surface area contributed by atoms with Crippen LogP contribution in [0.4, 0.5) is 5.69 Å². The van der Waals surface area contributed by atoms with Crippen molar-refractivity contribution in [3.63, 3.8) is 0 Å². The quantitative estimate of drug-likeness (QED) is 0.785. The lowest BCUT2D eigenvalue weighted by molar-refractivity contribution is -0.114. The molecule has 0 aromatic heterocycles. The van der Waals surface area contributed by atoms with Crippen molar-refractivity contribution >= 4 is 50.7 Å². The van der Waals surface area contributed by atoms with Gasteiger partial charge in [0.05, 0.1) is 5.69 Å². The first-order chi connectivity index (χ1) is 8.04. The van der Waals surface area contributed by atoms with Gasteiger partial charge in [0.1, 0.15) is 0 Å². The summed E-state index contributed by atoms with van der Waals surface area (Å²) in [6, 6.07) is 5.85. The first-order valence-corrected chi connectivity index (χ1v) is 7.08. The predicted octanol–water partition coefficient (Wildman–Crippen LogP) is 4.53. The van der Waals surface area contributed by atoms with Crippen molar-refractivity contribution in [3.8, 4) is 0 Å². The second-order valence-electron chi connectivity index (χ2n) is 3.71. The van der Waals surface area contributed by atoms with E-state index in [1.165, 1.54) is 5.56 Å². The molecule has 1 aromatic carbocycles. The molecule has 2 nitrogen and oxygen atoms in total. The zero-order valence-electron chi connectivity index (χ0n) is 9.47. The van der Waals surface area contributed by atoms with Crippen molar-refractivity contribution in [1.82, 2.24) is 0 Å². The van der Waals surface area contributed by atoms with Gasteiger partial charge in [0.25, 0.3) is 5.91 Å². The molecule has 1 rings (SSSR count). The molecule has 0 fully saturated rings. The van der Waals surface area contributed by atoms with E-state index in [9.17, 15) is 4.79 Å². The lowest BCUT2D eigenvalue weighted by atomic mass is 10.1. The van der Waals surface area contributed by atoms with Gasteiger partial charge in [-0.3, -0.25) is 4.79 Å². The van der Waals surface area contributed by atoms with Gasteiger partial charge in [0, 0.05) is 4.47 Å². The maximum absolute atomic E-state index is 11.3. The van der Waals surface area contributed by atoms with E-state index >= 15 is 0 Å². The standard InChI is InChI=1S/C12H14BrCl2NO/c1-2-3-4-8-5-6-10(9(13)7-8)16-12(17)11(14)15/h5-7,11H,2-4H2,1H3,(H,16,17). The Hall–Kier alpha value is -0.250. The molecule has 0 unspecified atom stereocenters. The number of benzene rings is 1. The molecule has 1 aromatic rings. The summed E-state index contributed by atoms with van der Waals surface area (Å²) in [6.07, 6.45) is 3.36. The molecule has 17 heavy (non-hydrogen) atoms. The van der Waals surface area contributed by atoms with Crippen molar-refractivity contribution in [2.75, 3.05) is 5.32 Å². The summed E-state index contributed by atoms with van der Waals surface area (Å²) in [4.78, 5) is 10.3. The Bertz CT molecular complexity index is 396. The molecule has 0 aliphatic heterocycles. The first-order valence-electron chi connectivity index (χ1n) is 5.42. The number of aryl methyl sites for hydroxylation is 1. The number of alkyl halides is 2. The molecule has 0 radical (unpaired) electrons. The van der Waals surface area contributed by atoms with E-state index in [-0.39, 0.29) is 0 Å². The molecule has 94 valence electrons. The van der Waals surface area contributed by atoms with Gasteiger partial charge in [-0.25, -0.2) is 0 Å². The third-order valence-electron chi connectivity index (χ3n) is 2.31. The van der Waals surface area contributed by atoms with Crippen LogP contribution in [0.2, 0.25) is 0 Å². The maximum Gasteiger partial charge on any atom is 0.257 e. The lowest BCUT2D eigenvalue weighted by Crippen LogP contribution is -2.18. The molecule has 0 bridgehead atoms. The summed E-state index contributed by atoms with van der Waals surface area (Å²) in [7, 11) is 0. The highest BCUT2D eigenvalue weighted by Gasteiger charge is 2.12. The summed E-state index contributed by atoms with van der Waals surface area (Å²) in [6.45, 7) is 2.16. The van der Waals surface area contributed by atoms with Gasteiger partial charge in [0.15, 0.2) is 4.84 Å². The highest BCUT2D eigenvalue weighted by Crippen LogP contribution is 2.25.